The molecular formula is C17H19NO3. The molecule has 2 rings (SSSR count). The van der Waals surface area contributed by atoms with Gasteiger partial charge in [0.2, 0.25) is 0 Å². The maximum Gasteiger partial charge on any atom is 0.335 e. The molecule has 0 heterocycles. The van der Waals surface area contributed by atoms with Gasteiger partial charge in [-0.05, 0) is 42.8 Å². The smallest absolute Gasteiger partial charge is 0.335 e. The Bertz CT molecular complexity index is 620. The number of anilines is 1. The molecule has 110 valence electrons. The molecule has 4 heteroatoms. The van der Waals surface area contributed by atoms with Crippen LogP contribution in [0.3, 0.4) is 0 Å². The van der Waals surface area contributed by atoms with E-state index in [1.807, 2.05) is 50.2 Å². The third kappa shape index (κ3) is 3.75. The number of hydrogen-bond acceptors (Lipinski definition) is 3. The van der Waals surface area contributed by atoms with Crippen molar-refractivity contribution in [2.75, 3.05) is 19.0 Å². The molecule has 1 unspecified atom stereocenters. The van der Waals surface area contributed by atoms with Crippen LogP contribution in [0.15, 0.2) is 48.5 Å². The van der Waals surface area contributed by atoms with Crippen molar-refractivity contribution in [1.82, 2.24) is 0 Å². The zero-order chi connectivity index (χ0) is 15.4. The Balaban J connectivity index is 2.12. The van der Waals surface area contributed by atoms with E-state index < -0.39 is 5.97 Å². The van der Waals surface area contributed by atoms with Crippen molar-refractivity contribution in [3.05, 3.63) is 59.7 Å². The van der Waals surface area contributed by atoms with Gasteiger partial charge in [-0.1, -0.05) is 18.2 Å². The predicted molar refractivity (Wildman–Crippen MR) is 83.2 cm³/mol. The normalized spacial score (nSPS) is 11.8. The summed E-state index contributed by atoms with van der Waals surface area (Å²) in [5, 5.41) is 8.98. The van der Waals surface area contributed by atoms with Crippen LogP contribution in [0.5, 0.6) is 5.75 Å². The highest BCUT2D eigenvalue weighted by molar-refractivity contribution is 5.88. The quantitative estimate of drug-likeness (QED) is 0.912. The lowest BCUT2D eigenvalue weighted by atomic mass is 10.1. The van der Waals surface area contributed by atoms with Crippen LogP contribution in [0.2, 0.25) is 0 Å². The number of carbonyl (C=O) groups is 1. The summed E-state index contributed by atoms with van der Waals surface area (Å²) in [6, 6.07) is 14.6. The monoisotopic (exact) mass is 285 g/mol. The maximum absolute atomic E-state index is 11.0. The molecule has 4 nitrogen and oxygen atoms in total. The first-order valence-electron chi connectivity index (χ1n) is 6.74. The number of ether oxygens (including phenoxy) is 1. The highest BCUT2D eigenvalue weighted by atomic mass is 16.5. The predicted octanol–water partition coefficient (Wildman–Crippen LogP) is 3.59. The summed E-state index contributed by atoms with van der Waals surface area (Å²) in [7, 11) is 3.98. The number of carboxylic acids is 1. The Morgan fingerprint density at radius 2 is 1.81 bits per heavy atom. The van der Waals surface area contributed by atoms with Crippen molar-refractivity contribution in [2.45, 2.75) is 13.0 Å². The summed E-state index contributed by atoms with van der Waals surface area (Å²) in [6.45, 7) is 1.94. The van der Waals surface area contributed by atoms with Crippen molar-refractivity contribution in [3.63, 3.8) is 0 Å². The summed E-state index contributed by atoms with van der Waals surface area (Å²) in [6.07, 6.45) is -0.148. The van der Waals surface area contributed by atoms with Crippen molar-refractivity contribution >= 4 is 11.7 Å². The minimum absolute atomic E-state index is 0.148. The van der Waals surface area contributed by atoms with Crippen LogP contribution in [0.25, 0.3) is 0 Å². The molecule has 0 saturated carbocycles. The van der Waals surface area contributed by atoms with E-state index in [2.05, 4.69) is 0 Å². The van der Waals surface area contributed by atoms with E-state index in [4.69, 9.17) is 9.84 Å². The second-order valence-electron chi connectivity index (χ2n) is 5.08. The first-order chi connectivity index (χ1) is 9.97. The molecule has 0 aliphatic heterocycles. The van der Waals surface area contributed by atoms with Gasteiger partial charge in [-0.2, -0.15) is 0 Å². The van der Waals surface area contributed by atoms with Crippen LogP contribution >= 0.6 is 0 Å². The molecule has 1 N–H and O–H groups in total. The van der Waals surface area contributed by atoms with Gasteiger partial charge in [-0.3, -0.25) is 0 Å². The van der Waals surface area contributed by atoms with Gasteiger partial charge < -0.3 is 14.7 Å². The third-order valence-corrected chi connectivity index (χ3v) is 3.27. The van der Waals surface area contributed by atoms with Crippen molar-refractivity contribution < 1.29 is 14.6 Å². The summed E-state index contributed by atoms with van der Waals surface area (Å²) < 4.78 is 5.81. The first kappa shape index (κ1) is 14.9. The fourth-order valence-electron chi connectivity index (χ4n) is 2.02. The van der Waals surface area contributed by atoms with E-state index in [0.29, 0.717) is 5.75 Å². The van der Waals surface area contributed by atoms with Crippen LogP contribution in [0.4, 0.5) is 5.69 Å². The topological polar surface area (TPSA) is 49.8 Å². The van der Waals surface area contributed by atoms with Gasteiger partial charge in [0.15, 0.2) is 0 Å². The molecule has 2 aromatic rings. The fraction of sp³-hybridized carbons (Fsp3) is 0.235. The summed E-state index contributed by atoms with van der Waals surface area (Å²) >= 11 is 0. The molecular weight excluding hydrogens is 266 g/mol. The van der Waals surface area contributed by atoms with E-state index in [-0.39, 0.29) is 11.7 Å². The van der Waals surface area contributed by atoms with Crippen LogP contribution in [0.1, 0.15) is 28.9 Å². The summed E-state index contributed by atoms with van der Waals surface area (Å²) in [5.41, 5.74) is 2.39. The van der Waals surface area contributed by atoms with Crippen LogP contribution in [-0.2, 0) is 0 Å². The molecule has 0 aliphatic rings. The Kier molecular flexibility index (Phi) is 4.48. The van der Waals surface area contributed by atoms with Crippen molar-refractivity contribution in [2.24, 2.45) is 0 Å². The minimum Gasteiger partial charge on any atom is -0.486 e. The Morgan fingerprint density at radius 3 is 2.38 bits per heavy atom. The van der Waals surface area contributed by atoms with Crippen molar-refractivity contribution in [1.29, 1.82) is 0 Å². The van der Waals surface area contributed by atoms with Gasteiger partial charge in [-0.25, -0.2) is 4.79 Å². The van der Waals surface area contributed by atoms with Crippen LogP contribution in [0, 0.1) is 0 Å². The van der Waals surface area contributed by atoms with Gasteiger partial charge in [-0.15, -0.1) is 0 Å². The van der Waals surface area contributed by atoms with E-state index in [9.17, 15) is 4.79 Å². The van der Waals surface area contributed by atoms with E-state index >= 15 is 0 Å². The summed E-state index contributed by atoms with van der Waals surface area (Å²) in [4.78, 5) is 13.0. The molecule has 0 radical (unpaired) electrons. The number of aromatic carboxylic acids is 1. The molecule has 0 amide bonds. The Labute approximate surface area is 124 Å². The molecule has 0 bridgehead atoms. The van der Waals surface area contributed by atoms with Crippen LogP contribution in [-0.4, -0.2) is 25.2 Å². The largest absolute Gasteiger partial charge is 0.486 e. The number of rotatable bonds is 5. The van der Waals surface area contributed by atoms with E-state index in [0.717, 1.165) is 11.3 Å². The molecule has 0 aromatic heterocycles. The first-order valence-corrected chi connectivity index (χ1v) is 6.74. The molecule has 1 atom stereocenters. The average Bonchev–Trinajstić information content (AvgIpc) is 2.47. The van der Waals surface area contributed by atoms with Crippen molar-refractivity contribution in [3.8, 4) is 5.75 Å². The lowest BCUT2D eigenvalue weighted by Gasteiger charge is -2.17. The maximum atomic E-state index is 11.0. The second kappa shape index (κ2) is 6.31. The van der Waals surface area contributed by atoms with Gasteiger partial charge in [0.25, 0.3) is 0 Å². The highest BCUT2D eigenvalue weighted by Gasteiger charge is 2.09. The number of nitrogens with zero attached hydrogens (tertiary/aromatic N) is 1. The SMILES string of the molecule is CC(Oc1cccc(C(=O)O)c1)c1ccc(N(C)C)cc1. The number of benzene rings is 2. The second-order valence-corrected chi connectivity index (χ2v) is 5.08. The van der Waals surface area contributed by atoms with Crippen LogP contribution < -0.4 is 9.64 Å². The molecule has 0 spiro atoms. The lowest BCUT2D eigenvalue weighted by molar-refractivity contribution is 0.0696. The summed E-state index contributed by atoms with van der Waals surface area (Å²) in [5.74, 6) is -0.400. The standard InChI is InChI=1S/C17H19NO3/c1-12(13-7-9-15(10-8-13)18(2)3)21-16-6-4-5-14(11-16)17(19)20/h4-12H,1-3H3,(H,19,20). The fourth-order valence-corrected chi connectivity index (χ4v) is 2.02. The van der Waals surface area contributed by atoms with Gasteiger partial charge in [0, 0.05) is 19.8 Å². The van der Waals surface area contributed by atoms with E-state index in [1.54, 1.807) is 18.2 Å². The third-order valence-electron chi connectivity index (χ3n) is 3.27. The Hall–Kier alpha value is -2.49. The van der Waals surface area contributed by atoms with Gasteiger partial charge >= 0.3 is 5.97 Å². The minimum atomic E-state index is -0.955. The zero-order valence-electron chi connectivity index (χ0n) is 12.4. The molecule has 0 saturated heterocycles. The molecule has 0 aliphatic carbocycles. The molecule has 2 aromatic carbocycles. The lowest BCUT2D eigenvalue weighted by Crippen LogP contribution is -2.09. The highest BCUT2D eigenvalue weighted by Crippen LogP contribution is 2.24. The zero-order valence-corrected chi connectivity index (χ0v) is 12.4. The molecule has 21 heavy (non-hydrogen) atoms. The number of hydrogen-bond donors (Lipinski definition) is 1. The Morgan fingerprint density at radius 1 is 1.14 bits per heavy atom. The average molecular weight is 285 g/mol. The van der Waals surface area contributed by atoms with E-state index in [1.165, 1.54) is 6.07 Å². The number of carboxylic acid groups (broad SMARTS) is 1. The van der Waals surface area contributed by atoms with Gasteiger partial charge in [0.1, 0.15) is 11.9 Å². The van der Waals surface area contributed by atoms with Gasteiger partial charge in [0.05, 0.1) is 5.56 Å². The molecule has 0 fully saturated rings.